The lowest BCUT2D eigenvalue weighted by Crippen LogP contribution is -2.61. The minimum Gasteiger partial charge on any atom is -0.376 e. The number of hydrogen-bond donors (Lipinski definition) is 1. The van der Waals surface area contributed by atoms with Crippen LogP contribution in [0.4, 0.5) is 0 Å². The molecule has 0 amide bonds. The summed E-state index contributed by atoms with van der Waals surface area (Å²) in [7, 11) is 0. The third kappa shape index (κ3) is 2.21. The number of hydrogen-bond acceptors (Lipinski definition) is 3. The van der Waals surface area contributed by atoms with Gasteiger partial charge in [-0.3, -0.25) is 4.90 Å². The average molecular weight is 254 g/mol. The van der Waals surface area contributed by atoms with E-state index in [0.29, 0.717) is 11.5 Å². The lowest BCUT2D eigenvalue weighted by atomic mass is 9.72. The molecule has 0 saturated carbocycles. The fourth-order valence-corrected chi connectivity index (χ4v) is 3.97. The highest BCUT2D eigenvalue weighted by molar-refractivity contribution is 5.02. The van der Waals surface area contributed by atoms with E-state index in [4.69, 9.17) is 10.5 Å². The van der Waals surface area contributed by atoms with E-state index in [1.807, 2.05) is 0 Å². The van der Waals surface area contributed by atoms with Crippen LogP contribution in [0.5, 0.6) is 0 Å². The van der Waals surface area contributed by atoms with E-state index in [9.17, 15) is 0 Å². The molecule has 2 unspecified atom stereocenters. The van der Waals surface area contributed by atoms with Gasteiger partial charge in [-0.05, 0) is 44.7 Å². The van der Waals surface area contributed by atoms with Gasteiger partial charge < -0.3 is 10.5 Å². The number of likely N-dealkylation sites (tertiary alicyclic amines) is 1. The van der Waals surface area contributed by atoms with Crippen molar-refractivity contribution in [3.8, 4) is 0 Å². The molecule has 2 aliphatic rings. The highest BCUT2D eigenvalue weighted by atomic mass is 16.5. The zero-order chi connectivity index (χ0) is 13.2. The Balaban J connectivity index is 2.04. The normalized spacial score (nSPS) is 37.0. The van der Waals surface area contributed by atoms with Crippen molar-refractivity contribution < 1.29 is 4.74 Å². The summed E-state index contributed by atoms with van der Waals surface area (Å²) < 4.78 is 5.80. The van der Waals surface area contributed by atoms with Crippen molar-refractivity contribution in [1.82, 2.24) is 4.90 Å². The van der Waals surface area contributed by atoms with Crippen LogP contribution in [0, 0.1) is 5.41 Å². The van der Waals surface area contributed by atoms with Gasteiger partial charge in [-0.25, -0.2) is 0 Å². The second kappa shape index (κ2) is 5.48. The minimum absolute atomic E-state index is 0.119. The molecule has 0 aliphatic carbocycles. The van der Waals surface area contributed by atoms with Gasteiger partial charge in [0.1, 0.15) is 0 Å². The summed E-state index contributed by atoms with van der Waals surface area (Å²) in [5, 5.41) is 0. The van der Waals surface area contributed by atoms with Crippen molar-refractivity contribution in [1.29, 1.82) is 0 Å². The summed E-state index contributed by atoms with van der Waals surface area (Å²) in [6.45, 7) is 10.9. The van der Waals surface area contributed by atoms with Gasteiger partial charge in [0.25, 0.3) is 0 Å². The van der Waals surface area contributed by atoms with Crippen molar-refractivity contribution in [2.75, 3.05) is 26.2 Å². The van der Waals surface area contributed by atoms with Crippen molar-refractivity contribution in [3.05, 3.63) is 0 Å². The van der Waals surface area contributed by atoms with E-state index in [-0.39, 0.29) is 5.54 Å². The maximum atomic E-state index is 6.10. The highest BCUT2D eigenvalue weighted by Crippen LogP contribution is 2.42. The quantitative estimate of drug-likeness (QED) is 0.837. The average Bonchev–Trinajstić information content (AvgIpc) is 2.81. The third-order valence-corrected chi connectivity index (χ3v) is 5.97. The third-order valence-electron chi connectivity index (χ3n) is 5.97. The maximum absolute atomic E-state index is 6.10. The van der Waals surface area contributed by atoms with Crippen LogP contribution in [-0.2, 0) is 4.74 Å². The van der Waals surface area contributed by atoms with Crippen LogP contribution in [0.25, 0.3) is 0 Å². The zero-order valence-electron chi connectivity index (χ0n) is 12.4. The number of rotatable bonds is 4. The Morgan fingerprint density at radius 3 is 2.17 bits per heavy atom. The molecular weight excluding hydrogens is 224 g/mol. The Kier molecular flexibility index (Phi) is 4.35. The lowest BCUT2D eigenvalue weighted by Gasteiger charge is -2.49. The molecule has 0 aromatic rings. The molecule has 0 aromatic carbocycles. The lowest BCUT2D eigenvalue weighted by molar-refractivity contribution is -0.0230. The fraction of sp³-hybridized carbons (Fsp3) is 1.00. The minimum atomic E-state index is 0.119. The molecule has 106 valence electrons. The molecule has 3 heteroatoms. The first-order valence-electron chi connectivity index (χ1n) is 7.69. The Morgan fingerprint density at radius 2 is 1.78 bits per heavy atom. The van der Waals surface area contributed by atoms with Gasteiger partial charge in [0.15, 0.2) is 0 Å². The van der Waals surface area contributed by atoms with Crippen LogP contribution >= 0.6 is 0 Å². The summed E-state index contributed by atoms with van der Waals surface area (Å²) >= 11 is 0. The summed E-state index contributed by atoms with van der Waals surface area (Å²) in [5.41, 5.74) is 6.81. The standard InChI is InChI=1S/C15H30N2O/c1-4-14(5-2)6-9-17(10-7-14)15(12-16)8-11-18-13(15)3/h13H,4-12,16H2,1-3H3. The predicted molar refractivity (Wildman–Crippen MR) is 75.6 cm³/mol. The van der Waals surface area contributed by atoms with Crippen molar-refractivity contribution in [3.63, 3.8) is 0 Å². The molecule has 18 heavy (non-hydrogen) atoms. The predicted octanol–water partition coefficient (Wildman–Crippen LogP) is 2.39. The molecule has 2 rings (SSSR count). The van der Waals surface area contributed by atoms with Crippen LogP contribution in [0.1, 0.15) is 52.9 Å². The van der Waals surface area contributed by atoms with Gasteiger partial charge in [0.2, 0.25) is 0 Å². The van der Waals surface area contributed by atoms with E-state index in [2.05, 4.69) is 25.7 Å². The first-order valence-corrected chi connectivity index (χ1v) is 7.69. The molecular formula is C15H30N2O. The molecule has 3 nitrogen and oxygen atoms in total. The molecule has 2 N–H and O–H groups in total. The number of nitrogens with zero attached hydrogens (tertiary/aromatic N) is 1. The maximum Gasteiger partial charge on any atom is 0.0743 e. The summed E-state index contributed by atoms with van der Waals surface area (Å²) in [6.07, 6.45) is 6.69. The number of piperidine rings is 1. The molecule has 2 fully saturated rings. The highest BCUT2D eigenvalue weighted by Gasteiger charge is 2.47. The van der Waals surface area contributed by atoms with E-state index < -0.39 is 0 Å². The number of ether oxygens (including phenoxy) is 1. The molecule has 2 heterocycles. The largest absolute Gasteiger partial charge is 0.376 e. The Morgan fingerprint density at radius 1 is 1.17 bits per heavy atom. The van der Waals surface area contributed by atoms with Gasteiger partial charge in [-0.1, -0.05) is 26.7 Å². The van der Waals surface area contributed by atoms with Crippen molar-refractivity contribution in [2.24, 2.45) is 11.1 Å². The summed E-state index contributed by atoms with van der Waals surface area (Å²) in [4.78, 5) is 2.63. The molecule has 0 aromatic heterocycles. The molecule has 2 atom stereocenters. The van der Waals surface area contributed by atoms with Gasteiger partial charge in [0.05, 0.1) is 11.6 Å². The molecule has 0 bridgehead atoms. The van der Waals surface area contributed by atoms with Crippen LogP contribution in [0.15, 0.2) is 0 Å². The molecule has 2 saturated heterocycles. The Labute approximate surface area is 112 Å². The summed E-state index contributed by atoms with van der Waals surface area (Å²) in [6, 6.07) is 0. The topological polar surface area (TPSA) is 38.5 Å². The first-order chi connectivity index (χ1) is 8.62. The zero-order valence-corrected chi connectivity index (χ0v) is 12.4. The first kappa shape index (κ1) is 14.3. The SMILES string of the molecule is CCC1(CC)CCN(C2(CN)CCOC2C)CC1. The second-order valence-electron chi connectivity index (χ2n) is 6.26. The van der Waals surface area contributed by atoms with E-state index in [1.165, 1.54) is 38.8 Å². The van der Waals surface area contributed by atoms with Crippen LogP contribution < -0.4 is 5.73 Å². The smallest absolute Gasteiger partial charge is 0.0743 e. The van der Waals surface area contributed by atoms with Crippen LogP contribution in [0.2, 0.25) is 0 Å². The van der Waals surface area contributed by atoms with Crippen LogP contribution in [-0.4, -0.2) is 42.8 Å². The van der Waals surface area contributed by atoms with Crippen LogP contribution in [0.3, 0.4) is 0 Å². The fourth-order valence-electron chi connectivity index (χ4n) is 3.97. The Bertz CT molecular complexity index is 268. The van der Waals surface area contributed by atoms with Gasteiger partial charge in [-0.2, -0.15) is 0 Å². The van der Waals surface area contributed by atoms with E-state index in [1.54, 1.807) is 0 Å². The monoisotopic (exact) mass is 254 g/mol. The number of nitrogens with two attached hydrogens (primary N) is 1. The van der Waals surface area contributed by atoms with Gasteiger partial charge in [-0.15, -0.1) is 0 Å². The summed E-state index contributed by atoms with van der Waals surface area (Å²) in [5.74, 6) is 0. The molecule has 0 radical (unpaired) electrons. The van der Waals surface area contributed by atoms with Crippen molar-refractivity contribution in [2.45, 2.75) is 64.5 Å². The van der Waals surface area contributed by atoms with Gasteiger partial charge >= 0.3 is 0 Å². The van der Waals surface area contributed by atoms with Crippen molar-refractivity contribution >= 4 is 0 Å². The van der Waals surface area contributed by atoms with E-state index >= 15 is 0 Å². The Hall–Kier alpha value is -0.120. The van der Waals surface area contributed by atoms with Gasteiger partial charge in [0, 0.05) is 13.2 Å². The van der Waals surface area contributed by atoms with E-state index in [0.717, 1.165) is 19.6 Å². The second-order valence-corrected chi connectivity index (χ2v) is 6.26. The molecule has 2 aliphatic heterocycles. The molecule has 0 spiro atoms.